The largest absolute Gasteiger partial charge is 0.422 e. The molecule has 1 unspecified atom stereocenters. The number of nitrogens with two attached hydrogens (primary N) is 1. The number of hydrogen-bond donors (Lipinski definition) is 2. The van der Waals surface area contributed by atoms with E-state index in [1.165, 1.54) is 0 Å². The summed E-state index contributed by atoms with van der Waals surface area (Å²) in [5, 5.41) is 3.52. The third-order valence-corrected chi connectivity index (χ3v) is 3.41. The van der Waals surface area contributed by atoms with Crippen molar-refractivity contribution in [3.8, 4) is 0 Å². The zero-order chi connectivity index (χ0) is 15.2. The van der Waals surface area contributed by atoms with Crippen LogP contribution in [0.15, 0.2) is 39.5 Å². The Kier molecular flexibility index (Phi) is 7.08. The molecule has 1 aromatic heterocycles. The van der Waals surface area contributed by atoms with Gasteiger partial charge in [-0.1, -0.05) is 38.0 Å². The summed E-state index contributed by atoms with van der Waals surface area (Å²) in [6.45, 7) is 2.43. The van der Waals surface area contributed by atoms with Gasteiger partial charge in [-0.3, -0.25) is 4.79 Å². The van der Waals surface area contributed by atoms with Gasteiger partial charge in [0.25, 0.3) is 5.91 Å². The molecule has 0 bridgehead atoms. The van der Waals surface area contributed by atoms with E-state index in [0.717, 1.165) is 24.6 Å². The number of carbonyl (C=O) groups is 1. The number of hydrogen-bond acceptors (Lipinski definition) is 4. The summed E-state index contributed by atoms with van der Waals surface area (Å²) >= 11 is 0. The first kappa shape index (κ1) is 18.2. The minimum Gasteiger partial charge on any atom is -0.422 e. The van der Waals surface area contributed by atoms with E-state index in [2.05, 4.69) is 12.2 Å². The number of fused-ring (bicyclic) bond motifs is 1. The number of amides is 1. The van der Waals surface area contributed by atoms with Crippen LogP contribution in [0.4, 0.5) is 0 Å². The molecule has 6 heteroatoms. The van der Waals surface area contributed by atoms with Crippen molar-refractivity contribution in [3.05, 3.63) is 46.3 Å². The molecule has 0 radical (unpaired) electrons. The second-order valence-electron chi connectivity index (χ2n) is 5.03. The molecule has 5 nitrogen and oxygen atoms in total. The van der Waals surface area contributed by atoms with Crippen molar-refractivity contribution in [2.75, 3.05) is 6.54 Å². The van der Waals surface area contributed by atoms with E-state index in [-0.39, 0.29) is 24.0 Å². The van der Waals surface area contributed by atoms with Crippen molar-refractivity contribution in [1.82, 2.24) is 5.32 Å². The average molecular weight is 325 g/mol. The molecule has 2 rings (SSSR count). The highest BCUT2D eigenvalue weighted by Crippen LogP contribution is 2.12. The molecule has 1 amide bonds. The molecule has 0 saturated heterocycles. The van der Waals surface area contributed by atoms with Crippen LogP contribution in [0, 0.1) is 0 Å². The van der Waals surface area contributed by atoms with Crippen LogP contribution in [-0.4, -0.2) is 18.5 Å². The van der Waals surface area contributed by atoms with Gasteiger partial charge in [0.05, 0.1) is 0 Å². The molecule has 2 aromatic rings. The van der Waals surface area contributed by atoms with Crippen LogP contribution in [0.2, 0.25) is 0 Å². The molecule has 1 atom stereocenters. The highest BCUT2D eigenvalue weighted by atomic mass is 35.5. The minimum atomic E-state index is -0.627. The Morgan fingerprint density at radius 1 is 1.36 bits per heavy atom. The maximum absolute atomic E-state index is 12.2. The van der Waals surface area contributed by atoms with Crippen molar-refractivity contribution in [2.24, 2.45) is 5.73 Å². The molecule has 0 aliphatic heterocycles. The van der Waals surface area contributed by atoms with Gasteiger partial charge in [0, 0.05) is 18.0 Å². The van der Waals surface area contributed by atoms with Gasteiger partial charge in [0.1, 0.15) is 11.1 Å². The van der Waals surface area contributed by atoms with Crippen molar-refractivity contribution >= 4 is 29.3 Å². The zero-order valence-electron chi connectivity index (χ0n) is 12.5. The first-order valence-electron chi connectivity index (χ1n) is 7.19. The maximum Gasteiger partial charge on any atom is 0.349 e. The number of rotatable bonds is 6. The van der Waals surface area contributed by atoms with Crippen LogP contribution >= 0.6 is 12.4 Å². The molecule has 1 heterocycles. The standard InChI is InChI=1S/C16H20N2O3.ClH/c1-2-3-7-12(10-17)18-15(19)13-9-11-6-4-5-8-14(11)21-16(13)20;/h4-6,8-9,12H,2-3,7,10,17H2,1H3,(H,18,19);1H. The highest BCUT2D eigenvalue weighted by molar-refractivity contribution is 5.96. The fourth-order valence-corrected chi connectivity index (χ4v) is 2.18. The number of benzene rings is 1. The summed E-state index contributed by atoms with van der Waals surface area (Å²) in [6, 6.07) is 8.54. The van der Waals surface area contributed by atoms with Gasteiger partial charge in [-0.2, -0.15) is 0 Å². The summed E-state index contributed by atoms with van der Waals surface area (Å²) in [6.07, 6.45) is 2.82. The van der Waals surface area contributed by atoms with Crippen molar-refractivity contribution in [1.29, 1.82) is 0 Å². The number of nitrogens with one attached hydrogen (secondary N) is 1. The maximum atomic E-state index is 12.2. The van der Waals surface area contributed by atoms with Gasteiger partial charge in [0.15, 0.2) is 0 Å². The van der Waals surface area contributed by atoms with E-state index in [1.807, 2.05) is 6.07 Å². The molecular weight excluding hydrogens is 304 g/mol. The lowest BCUT2D eigenvalue weighted by atomic mass is 10.1. The van der Waals surface area contributed by atoms with Crippen LogP contribution in [-0.2, 0) is 0 Å². The van der Waals surface area contributed by atoms with Gasteiger partial charge in [-0.15, -0.1) is 12.4 Å². The summed E-state index contributed by atoms with van der Waals surface area (Å²) in [5.41, 5.74) is 5.51. The quantitative estimate of drug-likeness (QED) is 0.799. The normalized spacial score (nSPS) is 11.7. The smallest absolute Gasteiger partial charge is 0.349 e. The monoisotopic (exact) mass is 324 g/mol. The lowest BCUT2D eigenvalue weighted by Crippen LogP contribution is -2.41. The number of unbranched alkanes of at least 4 members (excludes halogenated alkanes) is 1. The Hall–Kier alpha value is -1.85. The minimum absolute atomic E-state index is 0. The number of halogens is 1. The lowest BCUT2D eigenvalue weighted by molar-refractivity contribution is 0.0932. The predicted octanol–water partition coefficient (Wildman–Crippen LogP) is 2.46. The second-order valence-corrected chi connectivity index (χ2v) is 5.03. The van der Waals surface area contributed by atoms with E-state index in [9.17, 15) is 9.59 Å². The van der Waals surface area contributed by atoms with Crippen LogP contribution in [0.5, 0.6) is 0 Å². The molecular formula is C16H21ClN2O3. The van der Waals surface area contributed by atoms with Crippen LogP contribution in [0.25, 0.3) is 11.0 Å². The highest BCUT2D eigenvalue weighted by Gasteiger charge is 2.16. The predicted molar refractivity (Wildman–Crippen MR) is 89.6 cm³/mol. The molecule has 3 N–H and O–H groups in total. The fourth-order valence-electron chi connectivity index (χ4n) is 2.18. The molecule has 0 spiro atoms. The van der Waals surface area contributed by atoms with Crippen LogP contribution in [0.3, 0.4) is 0 Å². The Bertz CT molecular complexity index is 684. The Balaban J connectivity index is 0.00000242. The van der Waals surface area contributed by atoms with E-state index >= 15 is 0 Å². The average Bonchev–Trinajstić information content (AvgIpc) is 2.50. The molecule has 0 saturated carbocycles. The topological polar surface area (TPSA) is 85.3 Å². The summed E-state index contributed by atoms with van der Waals surface area (Å²) in [7, 11) is 0. The van der Waals surface area contributed by atoms with Gasteiger partial charge in [0.2, 0.25) is 0 Å². The van der Waals surface area contributed by atoms with E-state index in [0.29, 0.717) is 12.1 Å². The summed E-state index contributed by atoms with van der Waals surface area (Å²) < 4.78 is 5.16. The van der Waals surface area contributed by atoms with Gasteiger partial charge in [-0.25, -0.2) is 4.79 Å². The third-order valence-electron chi connectivity index (χ3n) is 3.41. The summed E-state index contributed by atoms with van der Waals surface area (Å²) in [4.78, 5) is 24.1. The van der Waals surface area contributed by atoms with Crippen molar-refractivity contribution in [3.63, 3.8) is 0 Å². The first-order chi connectivity index (χ1) is 10.2. The van der Waals surface area contributed by atoms with E-state index in [4.69, 9.17) is 10.2 Å². The zero-order valence-corrected chi connectivity index (χ0v) is 13.3. The molecule has 22 heavy (non-hydrogen) atoms. The Morgan fingerprint density at radius 3 is 2.77 bits per heavy atom. The van der Waals surface area contributed by atoms with Gasteiger partial charge < -0.3 is 15.5 Å². The van der Waals surface area contributed by atoms with Crippen LogP contribution < -0.4 is 16.7 Å². The SMILES string of the molecule is CCCCC(CN)NC(=O)c1cc2ccccc2oc1=O.Cl. The van der Waals surface area contributed by atoms with Gasteiger partial charge >= 0.3 is 5.63 Å². The molecule has 0 fully saturated rings. The Morgan fingerprint density at radius 2 is 2.09 bits per heavy atom. The van der Waals surface area contributed by atoms with E-state index < -0.39 is 11.5 Å². The summed E-state index contributed by atoms with van der Waals surface area (Å²) in [5.74, 6) is -0.430. The number of carbonyl (C=O) groups excluding carboxylic acids is 1. The lowest BCUT2D eigenvalue weighted by Gasteiger charge is -2.16. The Labute approximate surface area is 135 Å². The molecule has 1 aromatic carbocycles. The second kappa shape index (κ2) is 8.56. The molecule has 0 aliphatic carbocycles. The van der Waals surface area contributed by atoms with Crippen molar-refractivity contribution < 1.29 is 9.21 Å². The fraction of sp³-hybridized carbons (Fsp3) is 0.375. The molecule has 0 aliphatic rings. The van der Waals surface area contributed by atoms with Crippen molar-refractivity contribution in [2.45, 2.75) is 32.2 Å². The van der Waals surface area contributed by atoms with Crippen LogP contribution in [0.1, 0.15) is 36.5 Å². The molecule has 120 valence electrons. The first-order valence-corrected chi connectivity index (χ1v) is 7.19. The van der Waals surface area contributed by atoms with E-state index in [1.54, 1.807) is 24.3 Å². The number of para-hydroxylation sites is 1. The third kappa shape index (κ3) is 4.32. The van der Waals surface area contributed by atoms with Gasteiger partial charge in [-0.05, 0) is 18.6 Å².